The summed E-state index contributed by atoms with van der Waals surface area (Å²) in [5.41, 5.74) is 1.11. The van der Waals surface area contributed by atoms with E-state index in [4.69, 9.17) is 0 Å². The molecular weight excluding hydrogens is 512 g/mol. The fourth-order valence-electron chi connectivity index (χ4n) is 5.70. The molecule has 2 aromatic heterocycles. The molecule has 1 saturated heterocycles. The van der Waals surface area contributed by atoms with E-state index in [2.05, 4.69) is 10.1 Å². The summed E-state index contributed by atoms with van der Waals surface area (Å²) in [5, 5.41) is 4.39. The maximum atomic E-state index is 14.4. The Kier molecular flexibility index (Phi) is 5.85. The SMILES string of the molecule is O=C(c1cc(-c2cccnc2)n(-c2ccc(C(F)(F)F)c(F)c2)n1)N1CCC2(CC1)C(=O)Cc1ccccc12. The number of likely N-dealkylation sites (tertiary alicyclic amines) is 1. The Balaban J connectivity index is 1.32. The predicted octanol–water partition coefficient (Wildman–Crippen LogP) is 5.39. The largest absolute Gasteiger partial charge is 0.419 e. The van der Waals surface area contributed by atoms with E-state index in [-0.39, 0.29) is 23.1 Å². The number of aromatic nitrogens is 3. The van der Waals surface area contributed by atoms with Gasteiger partial charge in [0.25, 0.3) is 5.91 Å². The van der Waals surface area contributed by atoms with Crippen molar-refractivity contribution >= 4 is 11.7 Å². The van der Waals surface area contributed by atoms with Crippen molar-refractivity contribution in [2.45, 2.75) is 30.9 Å². The Morgan fingerprint density at radius 1 is 0.974 bits per heavy atom. The number of benzene rings is 2. The molecule has 3 heterocycles. The minimum absolute atomic E-state index is 0.0316. The third-order valence-corrected chi connectivity index (χ3v) is 7.71. The maximum Gasteiger partial charge on any atom is 0.419 e. The molecule has 1 fully saturated rings. The molecule has 0 N–H and O–H groups in total. The van der Waals surface area contributed by atoms with Crippen LogP contribution in [0.4, 0.5) is 17.6 Å². The number of ketones is 1. The van der Waals surface area contributed by atoms with Crippen molar-refractivity contribution < 1.29 is 27.2 Å². The summed E-state index contributed by atoms with van der Waals surface area (Å²) in [5.74, 6) is -1.65. The van der Waals surface area contributed by atoms with Gasteiger partial charge < -0.3 is 4.90 Å². The minimum Gasteiger partial charge on any atom is -0.337 e. The number of nitrogens with zero attached hydrogens (tertiary/aromatic N) is 4. The lowest BCUT2D eigenvalue weighted by molar-refractivity contribution is -0.140. The summed E-state index contributed by atoms with van der Waals surface area (Å²) in [6.07, 6.45) is -0.376. The number of pyridine rings is 1. The summed E-state index contributed by atoms with van der Waals surface area (Å²) < 4.78 is 55.0. The summed E-state index contributed by atoms with van der Waals surface area (Å²) >= 11 is 0. The van der Waals surface area contributed by atoms with E-state index in [1.165, 1.54) is 16.9 Å². The molecule has 0 saturated carbocycles. The first kappa shape index (κ1) is 25.0. The zero-order chi connectivity index (χ0) is 27.4. The highest BCUT2D eigenvalue weighted by Crippen LogP contribution is 2.44. The lowest BCUT2D eigenvalue weighted by Gasteiger charge is -2.38. The molecule has 0 atom stereocenters. The second kappa shape index (κ2) is 9.14. The molecule has 0 unspecified atom stereocenters. The molecule has 6 rings (SSSR count). The van der Waals surface area contributed by atoms with Gasteiger partial charge in [-0.15, -0.1) is 0 Å². The average Bonchev–Trinajstić information content (AvgIpc) is 3.49. The van der Waals surface area contributed by atoms with Gasteiger partial charge in [-0.05, 0) is 54.3 Å². The topological polar surface area (TPSA) is 68.1 Å². The number of hydrogen-bond acceptors (Lipinski definition) is 4. The van der Waals surface area contributed by atoms with Crippen molar-refractivity contribution in [3.05, 3.63) is 101 Å². The maximum absolute atomic E-state index is 14.4. The van der Waals surface area contributed by atoms with Gasteiger partial charge in [0, 0.05) is 43.5 Å². The second-order valence-corrected chi connectivity index (χ2v) is 9.86. The zero-order valence-corrected chi connectivity index (χ0v) is 20.6. The van der Waals surface area contributed by atoms with Gasteiger partial charge in [0.05, 0.1) is 22.4 Å². The number of hydrogen-bond donors (Lipinski definition) is 0. The first-order chi connectivity index (χ1) is 18.7. The highest BCUT2D eigenvalue weighted by molar-refractivity contribution is 5.98. The Hall–Kier alpha value is -4.34. The quantitative estimate of drug-likeness (QED) is 0.331. The standard InChI is InChI=1S/C29H22F4N4O2/c30-23-15-20(7-8-22(23)29(31,32)33)37-25(19-5-3-11-34-17-19)16-24(35-37)27(39)36-12-9-28(10-13-36)21-6-2-1-4-18(21)14-26(28)38/h1-8,11,15-17H,9-10,12-14H2. The number of alkyl halides is 3. The van der Waals surface area contributed by atoms with Gasteiger partial charge in [0.15, 0.2) is 5.69 Å². The van der Waals surface area contributed by atoms with E-state index in [1.807, 2.05) is 24.3 Å². The number of rotatable bonds is 3. The van der Waals surface area contributed by atoms with Crippen molar-refractivity contribution in [1.29, 1.82) is 0 Å². The number of carbonyl (C=O) groups excluding carboxylic acids is 2. The second-order valence-electron chi connectivity index (χ2n) is 9.86. The van der Waals surface area contributed by atoms with Crippen molar-refractivity contribution in [2.75, 3.05) is 13.1 Å². The number of piperidine rings is 1. The lowest BCUT2D eigenvalue weighted by Crippen LogP contribution is -2.47. The average molecular weight is 535 g/mol. The van der Waals surface area contributed by atoms with Crippen LogP contribution in [0.2, 0.25) is 0 Å². The molecule has 39 heavy (non-hydrogen) atoms. The molecule has 10 heteroatoms. The number of carbonyl (C=O) groups is 2. The van der Waals surface area contributed by atoms with Gasteiger partial charge in [-0.1, -0.05) is 24.3 Å². The highest BCUT2D eigenvalue weighted by Gasteiger charge is 2.48. The van der Waals surface area contributed by atoms with Gasteiger partial charge in [0.1, 0.15) is 11.6 Å². The van der Waals surface area contributed by atoms with Crippen LogP contribution in [0.5, 0.6) is 0 Å². The lowest BCUT2D eigenvalue weighted by atomic mass is 9.73. The van der Waals surface area contributed by atoms with Crippen LogP contribution >= 0.6 is 0 Å². The summed E-state index contributed by atoms with van der Waals surface area (Å²) in [6, 6.07) is 15.2. The third kappa shape index (κ3) is 4.20. The predicted molar refractivity (Wildman–Crippen MR) is 134 cm³/mol. The molecule has 2 aromatic carbocycles. The van der Waals surface area contributed by atoms with Gasteiger partial charge >= 0.3 is 6.18 Å². The normalized spacial score (nSPS) is 16.5. The Morgan fingerprint density at radius 3 is 2.44 bits per heavy atom. The van der Waals surface area contributed by atoms with Gasteiger partial charge in [-0.3, -0.25) is 14.6 Å². The molecular formula is C29H22F4N4O2. The van der Waals surface area contributed by atoms with Crippen LogP contribution < -0.4 is 0 Å². The Bertz CT molecular complexity index is 1590. The van der Waals surface area contributed by atoms with Crippen LogP contribution in [0.25, 0.3) is 16.9 Å². The summed E-state index contributed by atoms with van der Waals surface area (Å²) in [6.45, 7) is 0.700. The van der Waals surface area contributed by atoms with Gasteiger partial charge in [0.2, 0.25) is 0 Å². The fourth-order valence-corrected chi connectivity index (χ4v) is 5.70. The number of fused-ring (bicyclic) bond motifs is 2. The van der Waals surface area contributed by atoms with Crippen LogP contribution in [0.15, 0.2) is 73.1 Å². The fraction of sp³-hybridized carbons (Fsp3) is 0.241. The van der Waals surface area contributed by atoms with E-state index in [1.54, 1.807) is 23.2 Å². The summed E-state index contributed by atoms with van der Waals surface area (Å²) in [4.78, 5) is 32.3. The van der Waals surface area contributed by atoms with Crippen molar-refractivity contribution in [3.8, 4) is 16.9 Å². The Labute approximate surface area is 220 Å². The molecule has 1 spiro atoms. The molecule has 0 radical (unpaired) electrons. The third-order valence-electron chi connectivity index (χ3n) is 7.71. The first-order valence-electron chi connectivity index (χ1n) is 12.5. The van der Waals surface area contributed by atoms with E-state index < -0.39 is 23.0 Å². The van der Waals surface area contributed by atoms with Crippen LogP contribution in [-0.4, -0.2) is 44.4 Å². The van der Waals surface area contributed by atoms with Crippen LogP contribution in [-0.2, 0) is 22.8 Å². The van der Waals surface area contributed by atoms with E-state index in [0.29, 0.717) is 49.7 Å². The molecule has 1 aliphatic carbocycles. The van der Waals surface area contributed by atoms with Crippen LogP contribution in [0, 0.1) is 5.82 Å². The number of Topliss-reactive ketones (excluding diaryl/α,β-unsaturated/α-hetero) is 1. The van der Waals surface area contributed by atoms with Gasteiger partial charge in [-0.25, -0.2) is 9.07 Å². The van der Waals surface area contributed by atoms with Crippen LogP contribution in [0.1, 0.15) is 40.0 Å². The zero-order valence-electron chi connectivity index (χ0n) is 20.6. The van der Waals surface area contributed by atoms with E-state index >= 15 is 0 Å². The highest BCUT2D eigenvalue weighted by atomic mass is 19.4. The van der Waals surface area contributed by atoms with Crippen molar-refractivity contribution in [1.82, 2.24) is 19.7 Å². The monoisotopic (exact) mass is 534 g/mol. The number of halogens is 4. The van der Waals surface area contributed by atoms with Crippen LogP contribution in [0.3, 0.4) is 0 Å². The van der Waals surface area contributed by atoms with Crippen molar-refractivity contribution in [3.63, 3.8) is 0 Å². The smallest absolute Gasteiger partial charge is 0.337 e. The van der Waals surface area contributed by atoms with Crippen molar-refractivity contribution in [2.24, 2.45) is 0 Å². The Morgan fingerprint density at radius 2 is 1.74 bits per heavy atom. The van der Waals surface area contributed by atoms with E-state index in [9.17, 15) is 27.2 Å². The molecule has 4 aromatic rings. The number of amides is 1. The molecule has 2 aliphatic rings. The molecule has 1 amide bonds. The molecule has 6 nitrogen and oxygen atoms in total. The van der Waals surface area contributed by atoms with E-state index in [0.717, 1.165) is 23.3 Å². The molecule has 1 aliphatic heterocycles. The molecule has 198 valence electrons. The van der Waals surface area contributed by atoms with Gasteiger partial charge in [-0.2, -0.15) is 18.3 Å². The summed E-state index contributed by atoms with van der Waals surface area (Å²) in [7, 11) is 0. The minimum atomic E-state index is -4.84. The molecule has 0 bridgehead atoms. The first-order valence-corrected chi connectivity index (χ1v) is 12.5.